The first-order chi connectivity index (χ1) is 17.1. The summed E-state index contributed by atoms with van der Waals surface area (Å²) < 4.78 is 26.1. The van der Waals surface area contributed by atoms with Crippen LogP contribution in [0.3, 0.4) is 0 Å². The molecule has 0 N–H and O–H groups in total. The molecule has 0 aliphatic rings. The van der Waals surface area contributed by atoms with Gasteiger partial charge in [-0.25, -0.2) is 8.42 Å². The summed E-state index contributed by atoms with van der Waals surface area (Å²) >= 11 is 1.74. The van der Waals surface area contributed by atoms with Gasteiger partial charge in [0, 0.05) is 9.79 Å². The van der Waals surface area contributed by atoms with E-state index in [2.05, 4.69) is 48.5 Å². The van der Waals surface area contributed by atoms with Crippen LogP contribution in [0, 0.1) is 0 Å². The highest BCUT2D eigenvalue weighted by Gasteiger charge is 2.29. The molecule has 0 aromatic heterocycles. The molecule has 0 heterocycles. The molecule has 1 unspecified atom stereocenters. The molecule has 0 aliphatic heterocycles. The first kappa shape index (κ1) is 23.5. The molecule has 0 amide bonds. The van der Waals surface area contributed by atoms with Crippen molar-refractivity contribution >= 4 is 32.5 Å². The summed E-state index contributed by atoms with van der Waals surface area (Å²) in [6.45, 7) is 0. The number of hydrogen-bond donors (Lipinski definition) is 0. The van der Waals surface area contributed by atoms with Gasteiger partial charge in [-0.3, -0.25) is 0 Å². The van der Waals surface area contributed by atoms with Gasteiger partial charge >= 0.3 is 0 Å². The predicted octanol–water partition coefficient (Wildman–Crippen LogP) is 7.77. The van der Waals surface area contributed by atoms with Crippen molar-refractivity contribution in [2.24, 2.45) is 0 Å². The van der Waals surface area contributed by atoms with Gasteiger partial charge in [0.15, 0.2) is 14.7 Å². The van der Waals surface area contributed by atoms with E-state index in [4.69, 9.17) is 0 Å². The van der Waals surface area contributed by atoms with Gasteiger partial charge in [0.1, 0.15) is 0 Å². The predicted molar refractivity (Wildman–Crippen MR) is 144 cm³/mol. The third-order valence-corrected chi connectivity index (χ3v) is 10.5. The van der Waals surface area contributed by atoms with Crippen molar-refractivity contribution in [1.82, 2.24) is 0 Å². The molecular formula is C30H23O2S3+. The lowest BCUT2D eigenvalue weighted by molar-refractivity contribution is 0.596. The Bertz CT molecular complexity index is 1480. The van der Waals surface area contributed by atoms with Crippen LogP contribution in [0.1, 0.15) is 0 Å². The first-order valence-corrected chi connectivity index (χ1v) is 14.7. The molecule has 0 saturated heterocycles. The van der Waals surface area contributed by atoms with Crippen molar-refractivity contribution in [1.29, 1.82) is 0 Å². The van der Waals surface area contributed by atoms with Gasteiger partial charge in [0.25, 0.3) is 0 Å². The lowest BCUT2D eigenvalue weighted by Crippen LogP contribution is -2.06. The van der Waals surface area contributed by atoms with Gasteiger partial charge in [-0.1, -0.05) is 66.4 Å². The molecule has 172 valence electrons. The zero-order valence-electron chi connectivity index (χ0n) is 18.8. The fourth-order valence-corrected chi connectivity index (χ4v) is 7.91. The van der Waals surface area contributed by atoms with Crippen LogP contribution in [-0.4, -0.2) is 8.42 Å². The first-order valence-electron chi connectivity index (χ1n) is 11.1. The van der Waals surface area contributed by atoms with Gasteiger partial charge < -0.3 is 0 Å². The molecule has 35 heavy (non-hydrogen) atoms. The zero-order valence-corrected chi connectivity index (χ0v) is 21.3. The van der Waals surface area contributed by atoms with Crippen molar-refractivity contribution in [2.45, 2.75) is 34.3 Å². The second-order valence-corrected chi connectivity index (χ2v) is 12.9. The average molecular weight is 512 g/mol. The van der Waals surface area contributed by atoms with Crippen LogP contribution in [0.2, 0.25) is 0 Å². The third-order valence-electron chi connectivity index (χ3n) is 5.44. The maximum absolute atomic E-state index is 13.0. The quantitative estimate of drug-likeness (QED) is 0.209. The van der Waals surface area contributed by atoms with E-state index in [1.807, 2.05) is 54.6 Å². The smallest absolute Gasteiger partial charge is 0.206 e. The molecule has 0 aliphatic carbocycles. The lowest BCUT2D eigenvalue weighted by atomic mass is 10.3. The molecule has 0 saturated carbocycles. The molecule has 5 aromatic rings. The third kappa shape index (κ3) is 5.38. The second-order valence-electron chi connectivity index (χ2n) is 7.79. The second kappa shape index (κ2) is 10.6. The molecule has 2 nitrogen and oxygen atoms in total. The van der Waals surface area contributed by atoms with Crippen LogP contribution in [0.4, 0.5) is 0 Å². The van der Waals surface area contributed by atoms with Crippen molar-refractivity contribution in [2.75, 3.05) is 0 Å². The van der Waals surface area contributed by atoms with E-state index >= 15 is 0 Å². The Morgan fingerprint density at radius 3 is 1.40 bits per heavy atom. The minimum absolute atomic E-state index is 0.304. The Balaban J connectivity index is 1.47. The summed E-state index contributed by atoms with van der Waals surface area (Å²) in [6.07, 6.45) is 0. The topological polar surface area (TPSA) is 34.1 Å². The SMILES string of the molecule is O=S(=O)(c1ccccc1)c1ccc([S+](c2ccccc2)c2ccc(Sc3ccccc3)cc2)cc1. The van der Waals surface area contributed by atoms with Crippen LogP contribution >= 0.6 is 11.8 Å². The van der Waals surface area contributed by atoms with Crippen LogP contribution in [-0.2, 0) is 20.7 Å². The van der Waals surface area contributed by atoms with Gasteiger partial charge in [0.05, 0.1) is 20.7 Å². The van der Waals surface area contributed by atoms with E-state index < -0.39 is 9.84 Å². The summed E-state index contributed by atoms with van der Waals surface area (Å²) in [7, 11) is -3.90. The molecular weight excluding hydrogens is 489 g/mol. The Morgan fingerprint density at radius 2 is 0.829 bits per heavy atom. The number of rotatable bonds is 7. The molecule has 5 heteroatoms. The Hall–Kier alpha value is -3.25. The minimum Gasteiger partial charge on any atom is -0.219 e. The molecule has 5 rings (SSSR count). The largest absolute Gasteiger partial charge is 0.219 e. The molecule has 0 fully saturated rings. The minimum atomic E-state index is -3.55. The molecule has 5 aromatic carbocycles. The maximum Gasteiger partial charge on any atom is 0.206 e. The van der Waals surface area contributed by atoms with E-state index in [1.54, 1.807) is 48.2 Å². The summed E-state index contributed by atoms with van der Waals surface area (Å²) in [6, 6.07) is 45.3. The Kier molecular flexibility index (Phi) is 7.09. The van der Waals surface area contributed by atoms with E-state index in [0.717, 1.165) is 4.90 Å². The van der Waals surface area contributed by atoms with E-state index in [0.29, 0.717) is 9.79 Å². The van der Waals surface area contributed by atoms with Crippen LogP contribution in [0.25, 0.3) is 0 Å². The number of sulfone groups is 1. The van der Waals surface area contributed by atoms with Crippen molar-refractivity contribution in [3.63, 3.8) is 0 Å². The standard InChI is InChI=1S/C30H23O2S3/c31-35(32,29-14-8-3-9-15-29)30-22-20-28(21-23-30)34(26-12-6-2-7-13-26)27-18-16-25(17-19-27)33-24-10-4-1-5-11-24/h1-23H/q+1. The van der Waals surface area contributed by atoms with Crippen molar-refractivity contribution in [3.8, 4) is 0 Å². The van der Waals surface area contributed by atoms with Crippen LogP contribution < -0.4 is 0 Å². The highest BCUT2D eigenvalue weighted by Crippen LogP contribution is 2.34. The lowest BCUT2D eigenvalue weighted by Gasteiger charge is -2.10. The molecule has 1 atom stereocenters. The molecule has 0 radical (unpaired) electrons. The summed E-state index contributed by atoms with van der Waals surface area (Å²) in [5.74, 6) is 0. The van der Waals surface area contributed by atoms with Gasteiger partial charge in [-0.2, -0.15) is 0 Å². The Morgan fingerprint density at radius 1 is 0.429 bits per heavy atom. The van der Waals surface area contributed by atoms with E-state index in [-0.39, 0.29) is 10.9 Å². The fraction of sp³-hybridized carbons (Fsp3) is 0. The Labute approximate surface area is 213 Å². The summed E-state index contributed by atoms with van der Waals surface area (Å²) in [5, 5.41) is 0. The summed E-state index contributed by atoms with van der Waals surface area (Å²) in [5.41, 5.74) is 0. The highest BCUT2D eigenvalue weighted by atomic mass is 32.2. The summed E-state index contributed by atoms with van der Waals surface area (Å²) in [4.78, 5) is 6.45. The van der Waals surface area contributed by atoms with Crippen molar-refractivity contribution in [3.05, 3.63) is 140 Å². The van der Waals surface area contributed by atoms with Crippen molar-refractivity contribution < 1.29 is 8.42 Å². The molecule has 0 spiro atoms. The normalized spacial score (nSPS) is 12.2. The zero-order chi connectivity index (χ0) is 24.1. The number of benzene rings is 5. The average Bonchev–Trinajstić information content (AvgIpc) is 2.92. The van der Waals surface area contributed by atoms with Crippen LogP contribution in [0.5, 0.6) is 0 Å². The van der Waals surface area contributed by atoms with E-state index in [9.17, 15) is 8.42 Å². The highest BCUT2D eigenvalue weighted by molar-refractivity contribution is 7.99. The van der Waals surface area contributed by atoms with Gasteiger partial charge in [-0.15, -0.1) is 0 Å². The molecule has 0 bridgehead atoms. The maximum atomic E-state index is 13.0. The van der Waals surface area contributed by atoms with Gasteiger partial charge in [0.2, 0.25) is 9.84 Å². The monoisotopic (exact) mass is 511 g/mol. The fourth-order valence-electron chi connectivity index (χ4n) is 3.72. The van der Waals surface area contributed by atoms with Crippen LogP contribution in [0.15, 0.2) is 174 Å². The number of hydrogen-bond acceptors (Lipinski definition) is 3. The van der Waals surface area contributed by atoms with E-state index in [1.165, 1.54) is 19.6 Å². The van der Waals surface area contributed by atoms with Gasteiger partial charge in [-0.05, 0) is 84.9 Å².